The van der Waals surface area contributed by atoms with Crippen LogP contribution in [0.2, 0.25) is 5.02 Å². The third-order valence-electron chi connectivity index (χ3n) is 4.00. The predicted octanol–water partition coefficient (Wildman–Crippen LogP) is 2.75. The molecule has 2 unspecified atom stereocenters. The lowest BCUT2D eigenvalue weighted by atomic mass is 9.93. The number of rotatable bonds is 6. The molecule has 2 atom stereocenters. The molecule has 0 radical (unpaired) electrons. The number of hydrogen-bond acceptors (Lipinski definition) is 3. The maximum absolute atomic E-state index is 12.8. The van der Waals surface area contributed by atoms with Gasteiger partial charge in [0, 0.05) is 24.7 Å². The smallest absolute Gasteiger partial charge is 0.228 e. The molecule has 0 spiro atoms. The first-order chi connectivity index (χ1) is 10.2. The van der Waals surface area contributed by atoms with E-state index < -0.39 is 0 Å². The van der Waals surface area contributed by atoms with Gasteiger partial charge in [-0.05, 0) is 31.0 Å². The highest BCUT2D eigenvalue weighted by atomic mass is 35.5. The molecule has 116 valence electrons. The van der Waals surface area contributed by atoms with Gasteiger partial charge in [0.1, 0.15) is 0 Å². The Kier molecular flexibility index (Phi) is 6.03. The number of hydrogen-bond donors (Lipinski definition) is 2. The van der Waals surface area contributed by atoms with Gasteiger partial charge >= 0.3 is 0 Å². The van der Waals surface area contributed by atoms with Gasteiger partial charge in [-0.25, -0.2) is 5.43 Å². The second kappa shape index (κ2) is 7.78. The number of carbonyl (C=O) groups is 1. The first kappa shape index (κ1) is 16.3. The van der Waals surface area contributed by atoms with Crippen LogP contribution < -0.4 is 10.9 Å². The molecule has 0 bridgehead atoms. The van der Waals surface area contributed by atoms with Crippen molar-refractivity contribution in [2.24, 2.45) is 5.92 Å². The minimum atomic E-state index is -0.0667. The quantitative estimate of drug-likeness (QED) is 0.849. The largest absolute Gasteiger partial charge is 0.343 e. The highest BCUT2D eigenvalue weighted by Crippen LogP contribution is 2.27. The summed E-state index contributed by atoms with van der Waals surface area (Å²) in [6, 6.07) is 7.70. The van der Waals surface area contributed by atoms with Crippen molar-refractivity contribution in [3.05, 3.63) is 34.9 Å². The van der Waals surface area contributed by atoms with Gasteiger partial charge in [-0.2, -0.15) is 0 Å². The number of halogens is 1. The van der Waals surface area contributed by atoms with E-state index in [1.54, 1.807) is 0 Å². The summed E-state index contributed by atoms with van der Waals surface area (Å²) < 4.78 is 0. The zero-order valence-electron chi connectivity index (χ0n) is 12.7. The maximum Gasteiger partial charge on any atom is 0.228 e. The summed E-state index contributed by atoms with van der Waals surface area (Å²) in [5, 5.41) is 0.714. The lowest BCUT2D eigenvalue weighted by Crippen LogP contribution is -2.39. The average molecular weight is 310 g/mol. The predicted molar refractivity (Wildman–Crippen MR) is 86.0 cm³/mol. The van der Waals surface area contributed by atoms with Crippen LogP contribution in [0.15, 0.2) is 24.3 Å². The molecule has 2 rings (SSSR count). The second-order valence-electron chi connectivity index (χ2n) is 5.43. The Hall–Kier alpha value is -1.10. The third-order valence-corrected chi connectivity index (χ3v) is 4.26. The van der Waals surface area contributed by atoms with Crippen LogP contribution >= 0.6 is 11.6 Å². The normalized spacial score (nSPS) is 21.5. The molecule has 5 heteroatoms. The fourth-order valence-electron chi connectivity index (χ4n) is 2.72. The Morgan fingerprint density at radius 2 is 2.05 bits per heavy atom. The highest BCUT2D eigenvalue weighted by molar-refractivity contribution is 6.30. The number of amides is 1. The first-order valence-corrected chi connectivity index (χ1v) is 8.07. The Morgan fingerprint density at radius 1 is 1.33 bits per heavy atom. The molecule has 1 amide bonds. The van der Waals surface area contributed by atoms with Crippen LogP contribution in [0.3, 0.4) is 0 Å². The van der Waals surface area contributed by atoms with E-state index in [1.165, 1.54) is 0 Å². The average Bonchev–Trinajstić information content (AvgIpc) is 2.98. The van der Waals surface area contributed by atoms with Crippen molar-refractivity contribution in [2.45, 2.75) is 32.7 Å². The maximum atomic E-state index is 12.8. The van der Waals surface area contributed by atoms with Crippen LogP contribution in [0.5, 0.6) is 0 Å². The van der Waals surface area contributed by atoms with Gasteiger partial charge < -0.3 is 4.90 Å². The van der Waals surface area contributed by atoms with Crippen LogP contribution in [0.4, 0.5) is 0 Å². The summed E-state index contributed by atoms with van der Waals surface area (Å²) in [4.78, 5) is 14.7. The summed E-state index contributed by atoms with van der Waals surface area (Å²) in [5.74, 6) is 0.159. The van der Waals surface area contributed by atoms with Gasteiger partial charge in [-0.1, -0.05) is 37.1 Å². The van der Waals surface area contributed by atoms with Gasteiger partial charge in [0.05, 0.1) is 12.0 Å². The number of hydrazine groups is 1. The van der Waals surface area contributed by atoms with E-state index in [0.29, 0.717) is 11.6 Å². The number of benzene rings is 1. The molecule has 1 aromatic rings. The van der Waals surface area contributed by atoms with Gasteiger partial charge in [-0.3, -0.25) is 10.2 Å². The van der Waals surface area contributed by atoms with Crippen molar-refractivity contribution in [3.8, 4) is 0 Å². The van der Waals surface area contributed by atoms with Crippen molar-refractivity contribution in [2.75, 3.05) is 19.6 Å². The molecular weight excluding hydrogens is 286 g/mol. The Labute approximate surface area is 131 Å². The number of unbranched alkanes of at least 4 members (excludes halogenated alkanes) is 1. The van der Waals surface area contributed by atoms with Crippen LogP contribution in [-0.4, -0.2) is 30.4 Å². The van der Waals surface area contributed by atoms with Crippen LogP contribution in [0.1, 0.15) is 38.3 Å². The molecule has 21 heavy (non-hydrogen) atoms. The molecule has 1 aliphatic heterocycles. The van der Waals surface area contributed by atoms with E-state index in [9.17, 15) is 4.79 Å². The fraction of sp³-hybridized carbons (Fsp3) is 0.562. The lowest BCUT2D eigenvalue weighted by molar-refractivity contribution is -0.135. The van der Waals surface area contributed by atoms with E-state index in [1.807, 2.05) is 36.1 Å². The summed E-state index contributed by atoms with van der Waals surface area (Å²) in [5.41, 5.74) is 7.43. The van der Waals surface area contributed by atoms with E-state index >= 15 is 0 Å². The molecule has 1 aliphatic rings. The summed E-state index contributed by atoms with van der Waals surface area (Å²) in [6.45, 7) is 6.46. The molecule has 1 aromatic carbocycles. The summed E-state index contributed by atoms with van der Waals surface area (Å²) in [7, 11) is 0. The fourth-order valence-corrected chi connectivity index (χ4v) is 2.85. The minimum absolute atomic E-state index is 0.00504. The zero-order chi connectivity index (χ0) is 15.2. The molecule has 1 saturated heterocycles. The van der Waals surface area contributed by atoms with Crippen molar-refractivity contribution in [1.29, 1.82) is 0 Å². The summed E-state index contributed by atoms with van der Waals surface area (Å²) >= 11 is 5.94. The molecule has 0 saturated carbocycles. The van der Waals surface area contributed by atoms with Crippen molar-refractivity contribution in [1.82, 2.24) is 15.8 Å². The van der Waals surface area contributed by atoms with Crippen molar-refractivity contribution >= 4 is 17.5 Å². The highest BCUT2D eigenvalue weighted by Gasteiger charge is 2.35. The molecule has 0 aliphatic carbocycles. The van der Waals surface area contributed by atoms with E-state index in [2.05, 4.69) is 17.8 Å². The molecule has 0 aromatic heterocycles. The SMILES string of the molecule is CCCCN(CC)C(=O)C1CNNC1c1ccc(Cl)cc1. The minimum Gasteiger partial charge on any atom is -0.343 e. The van der Waals surface area contributed by atoms with Crippen LogP contribution in [0.25, 0.3) is 0 Å². The Morgan fingerprint density at radius 3 is 2.67 bits per heavy atom. The number of nitrogens with zero attached hydrogens (tertiary/aromatic N) is 1. The van der Waals surface area contributed by atoms with E-state index in [4.69, 9.17) is 11.6 Å². The molecule has 1 heterocycles. The molecule has 4 nitrogen and oxygen atoms in total. The third kappa shape index (κ3) is 3.96. The van der Waals surface area contributed by atoms with Gasteiger partial charge in [-0.15, -0.1) is 0 Å². The first-order valence-electron chi connectivity index (χ1n) is 7.70. The number of carbonyl (C=O) groups excluding carboxylic acids is 1. The summed E-state index contributed by atoms with van der Waals surface area (Å²) in [6.07, 6.45) is 2.16. The van der Waals surface area contributed by atoms with Crippen LogP contribution in [0, 0.1) is 5.92 Å². The van der Waals surface area contributed by atoms with E-state index in [0.717, 1.165) is 31.5 Å². The molecule has 2 N–H and O–H groups in total. The monoisotopic (exact) mass is 309 g/mol. The van der Waals surface area contributed by atoms with Gasteiger partial charge in [0.25, 0.3) is 0 Å². The van der Waals surface area contributed by atoms with Gasteiger partial charge in [0.15, 0.2) is 0 Å². The van der Waals surface area contributed by atoms with Crippen molar-refractivity contribution in [3.63, 3.8) is 0 Å². The Bertz CT molecular complexity index is 463. The zero-order valence-corrected chi connectivity index (χ0v) is 13.5. The lowest BCUT2D eigenvalue weighted by Gasteiger charge is -2.26. The van der Waals surface area contributed by atoms with Gasteiger partial charge in [0.2, 0.25) is 5.91 Å². The standard InChI is InChI=1S/C16H24ClN3O/c1-3-5-10-20(4-2)16(21)14-11-18-19-15(14)12-6-8-13(17)9-7-12/h6-9,14-15,18-19H,3-5,10-11H2,1-2H3. The van der Waals surface area contributed by atoms with Crippen molar-refractivity contribution < 1.29 is 4.79 Å². The molecular formula is C16H24ClN3O. The Balaban J connectivity index is 2.10. The van der Waals surface area contributed by atoms with Crippen LogP contribution in [-0.2, 0) is 4.79 Å². The molecule has 1 fully saturated rings. The topological polar surface area (TPSA) is 44.4 Å². The second-order valence-corrected chi connectivity index (χ2v) is 5.87. The number of nitrogens with one attached hydrogen (secondary N) is 2. The van der Waals surface area contributed by atoms with E-state index in [-0.39, 0.29) is 17.9 Å².